The van der Waals surface area contributed by atoms with Crippen molar-refractivity contribution in [2.75, 3.05) is 30.0 Å². The Bertz CT molecular complexity index is 547. The van der Waals surface area contributed by atoms with Crippen LogP contribution in [0, 0.1) is 6.92 Å². The number of benzene rings is 2. The summed E-state index contributed by atoms with van der Waals surface area (Å²) in [4.78, 5) is 2.07. The molecule has 18 heavy (non-hydrogen) atoms. The van der Waals surface area contributed by atoms with Gasteiger partial charge in [0.15, 0.2) is 0 Å². The van der Waals surface area contributed by atoms with Crippen LogP contribution >= 0.6 is 0 Å². The lowest BCUT2D eigenvalue weighted by atomic mass is 10.1. The molecule has 0 saturated heterocycles. The Morgan fingerprint density at radius 1 is 1.06 bits per heavy atom. The summed E-state index contributed by atoms with van der Waals surface area (Å²) < 4.78 is 0. The molecule has 0 aliphatic carbocycles. The van der Waals surface area contributed by atoms with Crippen LogP contribution in [0.15, 0.2) is 42.5 Å². The average molecular weight is 241 g/mol. The summed E-state index contributed by atoms with van der Waals surface area (Å²) in [6.45, 7) is 2.01. The lowest BCUT2D eigenvalue weighted by Gasteiger charge is -2.15. The summed E-state index contributed by atoms with van der Waals surface area (Å²) >= 11 is 0. The topological polar surface area (TPSA) is 41.3 Å². The average Bonchev–Trinajstić information content (AvgIpc) is 2.35. The second-order valence-electron chi connectivity index (χ2n) is 4.61. The largest absolute Gasteiger partial charge is 0.397 e. The first-order chi connectivity index (χ1) is 8.58. The first-order valence-electron chi connectivity index (χ1n) is 5.97. The number of hydrogen-bond acceptors (Lipinski definition) is 3. The Balaban J connectivity index is 2.28. The minimum absolute atomic E-state index is 0.799. The van der Waals surface area contributed by atoms with Crippen LogP contribution < -0.4 is 16.0 Å². The molecule has 2 rings (SSSR count). The summed E-state index contributed by atoms with van der Waals surface area (Å²) in [7, 11) is 4.06. The predicted octanol–water partition coefficient (Wildman–Crippen LogP) is 3.39. The molecular weight excluding hydrogens is 222 g/mol. The van der Waals surface area contributed by atoms with Gasteiger partial charge in [-0.3, -0.25) is 0 Å². The number of anilines is 4. The van der Waals surface area contributed by atoms with E-state index in [1.807, 2.05) is 51.4 Å². The van der Waals surface area contributed by atoms with Gasteiger partial charge in [-0.25, -0.2) is 0 Å². The van der Waals surface area contributed by atoms with Crippen LogP contribution in [0.3, 0.4) is 0 Å². The van der Waals surface area contributed by atoms with Crippen LogP contribution in [-0.4, -0.2) is 14.1 Å². The minimum atomic E-state index is 0.799. The number of nitrogens with one attached hydrogen (secondary N) is 1. The fourth-order valence-electron chi connectivity index (χ4n) is 1.81. The van der Waals surface area contributed by atoms with E-state index >= 15 is 0 Å². The monoisotopic (exact) mass is 241 g/mol. The predicted molar refractivity (Wildman–Crippen MR) is 79.6 cm³/mol. The second kappa shape index (κ2) is 5.00. The van der Waals surface area contributed by atoms with Crippen molar-refractivity contribution in [1.29, 1.82) is 0 Å². The van der Waals surface area contributed by atoms with Crippen molar-refractivity contribution in [1.82, 2.24) is 0 Å². The lowest BCUT2D eigenvalue weighted by molar-refractivity contribution is 1.13. The molecule has 0 fully saturated rings. The smallest absolute Gasteiger partial charge is 0.0620 e. The maximum absolute atomic E-state index is 6.06. The Kier molecular flexibility index (Phi) is 3.42. The van der Waals surface area contributed by atoms with Gasteiger partial charge in [-0.15, -0.1) is 0 Å². The summed E-state index contributed by atoms with van der Waals surface area (Å²) in [5.74, 6) is 0. The summed E-state index contributed by atoms with van der Waals surface area (Å²) in [6.07, 6.45) is 0. The molecule has 2 aromatic rings. The molecular formula is C15H19N3. The Morgan fingerprint density at radius 3 is 2.50 bits per heavy atom. The maximum Gasteiger partial charge on any atom is 0.0620 e. The van der Waals surface area contributed by atoms with Crippen LogP contribution in [0.4, 0.5) is 22.7 Å². The normalized spacial score (nSPS) is 10.2. The van der Waals surface area contributed by atoms with Gasteiger partial charge < -0.3 is 16.0 Å². The third kappa shape index (κ3) is 2.56. The summed E-state index contributed by atoms with van der Waals surface area (Å²) in [5, 5.41) is 3.36. The standard InChI is InChI=1S/C15H19N3/c1-11-6-4-9-14(15(11)16)17-12-7-5-8-13(10-12)18(2)3/h4-10,17H,16H2,1-3H3. The van der Waals surface area contributed by atoms with Crippen molar-refractivity contribution in [2.24, 2.45) is 0 Å². The molecule has 0 spiro atoms. The number of rotatable bonds is 3. The molecule has 3 heteroatoms. The van der Waals surface area contributed by atoms with Crippen LogP contribution in [0.2, 0.25) is 0 Å². The van der Waals surface area contributed by atoms with Gasteiger partial charge in [0.25, 0.3) is 0 Å². The van der Waals surface area contributed by atoms with E-state index in [2.05, 4.69) is 22.3 Å². The number of para-hydroxylation sites is 1. The van der Waals surface area contributed by atoms with Crippen molar-refractivity contribution in [3.63, 3.8) is 0 Å². The highest BCUT2D eigenvalue weighted by Crippen LogP contribution is 2.27. The molecule has 0 aliphatic heterocycles. The third-order valence-corrected chi connectivity index (χ3v) is 2.97. The van der Waals surface area contributed by atoms with E-state index in [-0.39, 0.29) is 0 Å². The maximum atomic E-state index is 6.06. The van der Waals surface area contributed by atoms with Gasteiger partial charge in [0.05, 0.1) is 11.4 Å². The van der Waals surface area contributed by atoms with E-state index in [1.165, 1.54) is 0 Å². The molecule has 94 valence electrons. The van der Waals surface area contributed by atoms with Crippen LogP contribution in [-0.2, 0) is 0 Å². The summed E-state index contributed by atoms with van der Waals surface area (Å²) in [5.41, 5.74) is 11.1. The van der Waals surface area contributed by atoms with E-state index in [1.54, 1.807) is 0 Å². The van der Waals surface area contributed by atoms with Crippen LogP contribution in [0.5, 0.6) is 0 Å². The van der Waals surface area contributed by atoms with Crippen molar-refractivity contribution >= 4 is 22.7 Å². The van der Waals surface area contributed by atoms with Gasteiger partial charge in [0, 0.05) is 25.5 Å². The number of nitrogen functional groups attached to an aromatic ring is 1. The van der Waals surface area contributed by atoms with Crippen molar-refractivity contribution in [3.8, 4) is 0 Å². The molecule has 3 nitrogen and oxygen atoms in total. The number of nitrogens with zero attached hydrogens (tertiary/aromatic N) is 1. The van der Waals surface area contributed by atoms with Gasteiger partial charge in [-0.05, 0) is 36.8 Å². The molecule has 3 N–H and O–H groups in total. The van der Waals surface area contributed by atoms with E-state index in [0.717, 1.165) is 28.3 Å². The zero-order chi connectivity index (χ0) is 13.1. The first kappa shape index (κ1) is 12.3. The lowest BCUT2D eigenvalue weighted by Crippen LogP contribution is -2.08. The highest BCUT2D eigenvalue weighted by Gasteiger charge is 2.03. The number of nitrogens with two attached hydrogens (primary N) is 1. The SMILES string of the molecule is Cc1cccc(Nc2cccc(N(C)C)c2)c1N. The van der Waals surface area contributed by atoms with Gasteiger partial charge in [-0.2, -0.15) is 0 Å². The molecule has 0 radical (unpaired) electrons. The van der Waals surface area contributed by atoms with E-state index < -0.39 is 0 Å². The van der Waals surface area contributed by atoms with Gasteiger partial charge in [0.2, 0.25) is 0 Å². The number of aryl methyl sites for hydroxylation is 1. The van der Waals surface area contributed by atoms with Crippen molar-refractivity contribution in [2.45, 2.75) is 6.92 Å². The van der Waals surface area contributed by atoms with Gasteiger partial charge >= 0.3 is 0 Å². The van der Waals surface area contributed by atoms with E-state index in [4.69, 9.17) is 5.73 Å². The minimum Gasteiger partial charge on any atom is -0.397 e. The Morgan fingerprint density at radius 2 is 1.78 bits per heavy atom. The van der Waals surface area contributed by atoms with Crippen LogP contribution in [0.25, 0.3) is 0 Å². The molecule has 0 heterocycles. The van der Waals surface area contributed by atoms with E-state index in [9.17, 15) is 0 Å². The molecule has 0 aliphatic rings. The highest BCUT2D eigenvalue weighted by atomic mass is 15.1. The molecule has 0 saturated carbocycles. The molecule has 2 aromatic carbocycles. The molecule has 0 unspecified atom stereocenters. The van der Waals surface area contributed by atoms with Crippen LogP contribution in [0.1, 0.15) is 5.56 Å². The second-order valence-corrected chi connectivity index (χ2v) is 4.61. The molecule has 0 aromatic heterocycles. The fraction of sp³-hybridized carbons (Fsp3) is 0.200. The molecule has 0 bridgehead atoms. The fourth-order valence-corrected chi connectivity index (χ4v) is 1.81. The summed E-state index contributed by atoms with van der Waals surface area (Å²) in [6, 6.07) is 14.2. The van der Waals surface area contributed by atoms with Gasteiger partial charge in [-0.1, -0.05) is 18.2 Å². The first-order valence-corrected chi connectivity index (χ1v) is 5.97. The Labute approximate surface area is 108 Å². The number of hydrogen-bond donors (Lipinski definition) is 2. The quantitative estimate of drug-likeness (QED) is 0.809. The Hall–Kier alpha value is -2.16. The zero-order valence-electron chi connectivity index (χ0n) is 11.1. The molecule has 0 amide bonds. The van der Waals surface area contributed by atoms with Crippen molar-refractivity contribution < 1.29 is 0 Å². The van der Waals surface area contributed by atoms with Crippen molar-refractivity contribution in [3.05, 3.63) is 48.0 Å². The van der Waals surface area contributed by atoms with Gasteiger partial charge in [0.1, 0.15) is 0 Å². The zero-order valence-corrected chi connectivity index (χ0v) is 11.1. The molecule has 0 atom stereocenters. The third-order valence-electron chi connectivity index (χ3n) is 2.97. The highest BCUT2D eigenvalue weighted by molar-refractivity contribution is 5.76. The van der Waals surface area contributed by atoms with E-state index in [0.29, 0.717) is 0 Å².